The van der Waals surface area contributed by atoms with Crippen LogP contribution >= 0.6 is 0 Å². The van der Waals surface area contributed by atoms with Gasteiger partial charge in [-0.3, -0.25) is 4.79 Å². The number of nitrogens with two attached hydrogens (primary N) is 1. The summed E-state index contributed by atoms with van der Waals surface area (Å²) in [6.07, 6.45) is 0. The van der Waals surface area contributed by atoms with Crippen LogP contribution in [0.5, 0.6) is 11.5 Å². The molecule has 0 saturated heterocycles. The summed E-state index contributed by atoms with van der Waals surface area (Å²) in [6.45, 7) is 6.09. The molecule has 3 aromatic carbocycles. The zero-order valence-electron chi connectivity index (χ0n) is 17.3. The van der Waals surface area contributed by atoms with E-state index in [9.17, 15) is 17.6 Å². The molecule has 8 heteroatoms. The van der Waals surface area contributed by atoms with Crippen LogP contribution < -0.4 is 15.2 Å². The number of rotatable bonds is 5. The first-order chi connectivity index (χ1) is 14.4. The van der Waals surface area contributed by atoms with Crippen LogP contribution in [0.15, 0.2) is 71.6 Å². The van der Waals surface area contributed by atoms with Gasteiger partial charge >= 0.3 is 0 Å². The highest BCUT2D eigenvalue weighted by Crippen LogP contribution is 2.32. The molecule has 6 nitrogen and oxygen atoms in total. The Balaban J connectivity index is 1.97. The van der Waals surface area contributed by atoms with Gasteiger partial charge in [-0.1, -0.05) is 32.9 Å². The smallest absolute Gasteiger partial charge is 0.259 e. The maximum absolute atomic E-state index is 13.2. The summed E-state index contributed by atoms with van der Waals surface area (Å²) in [5, 5.41) is 7.82. The molecule has 3 N–H and O–H groups in total. The van der Waals surface area contributed by atoms with Crippen LogP contribution in [0.3, 0.4) is 0 Å². The molecule has 0 aliphatic carbocycles. The minimum atomic E-state index is -3.91. The van der Waals surface area contributed by atoms with Crippen molar-refractivity contribution in [3.8, 4) is 11.5 Å². The van der Waals surface area contributed by atoms with Crippen molar-refractivity contribution in [2.75, 3.05) is 5.32 Å². The Labute approximate surface area is 180 Å². The molecule has 31 heavy (non-hydrogen) atoms. The first kappa shape index (κ1) is 22.5. The van der Waals surface area contributed by atoms with Gasteiger partial charge in [0.1, 0.15) is 17.3 Å². The normalized spacial score (nSPS) is 11.8. The van der Waals surface area contributed by atoms with Crippen LogP contribution in [0.25, 0.3) is 0 Å². The fraction of sp³-hybridized carbons (Fsp3) is 0.174. The number of anilines is 1. The third-order valence-corrected chi connectivity index (χ3v) is 5.47. The summed E-state index contributed by atoms with van der Waals surface area (Å²) in [5.41, 5.74) is 1.25. The largest absolute Gasteiger partial charge is 0.457 e. The Kier molecular flexibility index (Phi) is 6.15. The number of sulfonamides is 1. The molecule has 0 radical (unpaired) electrons. The van der Waals surface area contributed by atoms with Crippen molar-refractivity contribution in [2.45, 2.75) is 31.1 Å². The molecule has 0 aliphatic heterocycles. The lowest BCUT2D eigenvalue weighted by Crippen LogP contribution is -2.16. The van der Waals surface area contributed by atoms with E-state index in [4.69, 9.17) is 9.88 Å². The van der Waals surface area contributed by atoms with E-state index < -0.39 is 21.7 Å². The summed E-state index contributed by atoms with van der Waals surface area (Å²) in [6, 6.07) is 16.3. The number of nitrogens with one attached hydrogen (secondary N) is 1. The number of amides is 1. The minimum absolute atomic E-state index is 0.115. The molecule has 162 valence electrons. The highest BCUT2D eigenvalue weighted by molar-refractivity contribution is 7.89. The van der Waals surface area contributed by atoms with Gasteiger partial charge in [-0.05, 0) is 65.6 Å². The van der Waals surface area contributed by atoms with Gasteiger partial charge in [0.05, 0.1) is 10.5 Å². The summed E-state index contributed by atoms with van der Waals surface area (Å²) >= 11 is 0. The van der Waals surface area contributed by atoms with Crippen LogP contribution in [0.2, 0.25) is 0 Å². The Morgan fingerprint density at radius 2 is 1.68 bits per heavy atom. The average Bonchev–Trinajstić information content (AvgIpc) is 2.68. The van der Waals surface area contributed by atoms with Gasteiger partial charge in [0, 0.05) is 5.69 Å². The van der Waals surface area contributed by atoms with Crippen molar-refractivity contribution in [3.63, 3.8) is 0 Å². The van der Waals surface area contributed by atoms with Crippen LogP contribution in [0.4, 0.5) is 10.1 Å². The molecule has 0 aromatic heterocycles. The molecule has 0 atom stereocenters. The lowest BCUT2D eigenvalue weighted by atomic mass is 9.86. The molecule has 0 heterocycles. The van der Waals surface area contributed by atoms with Gasteiger partial charge in [-0.2, -0.15) is 0 Å². The first-order valence-corrected chi connectivity index (χ1v) is 11.0. The van der Waals surface area contributed by atoms with Crippen molar-refractivity contribution in [1.29, 1.82) is 0 Å². The molecule has 0 aliphatic rings. The average molecular weight is 443 g/mol. The van der Waals surface area contributed by atoms with Crippen LogP contribution in [-0.4, -0.2) is 14.3 Å². The highest BCUT2D eigenvalue weighted by Gasteiger charge is 2.20. The van der Waals surface area contributed by atoms with Crippen LogP contribution in [-0.2, 0) is 15.4 Å². The number of benzene rings is 3. The van der Waals surface area contributed by atoms with E-state index in [1.165, 1.54) is 42.5 Å². The van der Waals surface area contributed by atoms with Crippen molar-refractivity contribution in [2.24, 2.45) is 5.14 Å². The van der Waals surface area contributed by atoms with Crippen LogP contribution in [0.1, 0.15) is 36.7 Å². The fourth-order valence-electron chi connectivity index (χ4n) is 2.84. The van der Waals surface area contributed by atoms with E-state index >= 15 is 0 Å². The van der Waals surface area contributed by atoms with E-state index in [2.05, 4.69) is 5.32 Å². The summed E-state index contributed by atoms with van der Waals surface area (Å²) in [4.78, 5) is 12.9. The van der Waals surface area contributed by atoms with E-state index in [-0.39, 0.29) is 21.6 Å². The second kappa shape index (κ2) is 8.49. The van der Waals surface area contributed by atoms with E-state index in [1.807, 2.05) is 26.8 Å². The second-order valence-electron chi connectivity index (χ2n) is 8.04. The van der Waals surface area contributed by atoms with Gasteiger partial charge in [0.2, 0.25) is 10.0 Å². The number of halogens is 1. The predicted molar refractivity (Wildman–Crippen MR) is 117 cm³/mol. The molecular formula is C23H23FN2O4S. The summed E-state index contributed by atoms with van der Waals surface area (Å²) < 4.78 is 42.3. The molecule has 3 aromatic rings. The zero-order chi connectivity index (χ0) is 22.8. The van der Waals surface area contributed by atoms with Gasteiger partial charge in [0.25, 0.3) is 5.91 Å². The van der Waals surface area contributed by atoms with Crippen molar-refractivity contribution in [3.05, 3.63) is 83.7 Å². The molecule has 0 saturated carbocycles. The molecule has 0 fully saturated rings. The third kappa shape index (κ3) is 5.68. The quantitative estimate of drug-likeness (QED) is 0.592. The third-order valence-electron chi connectivity index (χ3n) is 4.55. The standard InChI is InChI=1S/C23H23FN2O4S/c1-23(2,3)15-7-12-20(21(13-15)30-18-10-8-16(24)9-11-18)22(27)26-17-5-4-6-19(14-17)31(25,28)29/h4-14H,1-3H3,(H,26,27)(H2,25,28,29). The molecule has 0 unspecified atom stereocenters. The number of hydrogen-bond acceptors (Lipinski definition) is 4. The van der Waals surface area contributed by atoms with Gasteiger partial charge < -0.3 is 10.1 Å². The van der Waals surface area contributed by atoms with Crippen molar-refractivity contribution >= 4 is 21.6 Å². The first-order valence-electron chi connectivity index (χ1n) is 9.46. The fourth-order valence-corrected chi connectivity index (χ4v) is 3.40. The Morgan fingerprint density at radius 1 is 1.00 bits per heavy atom. The highest BCUT2D eigenvalue weighted by atomic mass is 32.2. The Morgan fingerprint density at radius 3 is 2.29 bits per heavy atom. The zero-order valence-corrected chi connectivity index (χ0v) is 18.2. The number of carbonyl (C=O) groups is 1. The SMILES string of the molecule is CC(C)(C)c1ccc(C(=O)Nc2cccc(S(N)(=O)=O)c2)c(Oc2ccc(F)cc2)c1. The Hall–Kier alpha value is -3.23. The lowest BCUT2D eigenvalue weighted by Gasteiger charge is -2.21. The maximum Gasteiger partial charge on any atom is 0.259 e. The van der Waals surface area contributed by atoms with Crippen molar-refractivity contribution < 1.29 is 22.3 Å². The van der Waals surface area contributed by atoms with Gasteiger partial charge in [-0.25, -0.2) is 17.9 Å². The molecule has 0 spiro atoms. The van der Waals surface area contributed by atoms with Crippen LogP contribution in [0, 0.1) is 5.82 Å². The topological polar surface area (TPSA) is 98.5 Å². The van der Waals surface area contributed by atoms with Gasteiger partial charge in [0.15, 0.2) is 0 Å². The monoisotopic (exact) mass is 442 g/mol. The number of ether oxygens (including phenoxy) is 1. The van der Waals surface area contributed by atoms with E-state index in [1.54, 1.807) is 18.2 Å². The summed E-state index contributed by atoms with van der Waals surface area (Å²) in [7, 11) is -3.91. The second-order valence-corrected chi connectivity index (χ2v) is 9.61. The number of primary sulfonamides is 1. The minimum Gasteiger partial charge on any atom is -0.457 e. The van der Waals surface area contributed by atoms with Gasteiger partial charge in [-0.15, -0.1) is 0 Å². The molecule has 0 bridgehead atoms. The summed E-state index contributed by atoms with van der Waals surface area (Å²) in [5.74, 6) is -0.232. The van der Waals surface area contributed by atoms with E-state index in [0.29, 0.717) is 11.5 Å². The maximum atomic E-state index is 13.2. The number of hydrogen-bond donors (Lipinski definition) is 2. The number of carbonyl (C=O) groups excluding carboxylic acids is 1. The van der Waals surface area contributed by atoms with E-state index in [0.717, 1.165) is 5.56 Å². The molecule has 3 rings (SSSR count). The molecular weight excluding hydrogens is 419 g/mol. The Bertz CT molecular complexity index is 1220. The lowest BCUT2D eigenvalue weighted by molar-refractivity contribution is 0.102. The van der Waals surface area contributed by atoms with Crippen molar-refractivity contribution in [1.82, 2.24) is 0 Å². The molecule has 1 amide bonds. The predicted octanol–water partition coefficient (Wildman–Crippen LogP) is 4.82.